The smallest absolute Gasteiger partial charge is 0.207 e. The van der Waals surface area contributed by atoms with E-state index in [0.717, 1.165) is 37.9 Å². The van der Waals surface area contributed by atoms with E-state index in [-0.39, 0.29) is 5.75 Å². The molecule has 1 aromatic rings. The summed E-state index contributed by atoms with van der Waals surface area (Å²) in [7, 11) is 2.97. The number of hydrogen-bond acceptors (Lipinski definition) is 3. The van der Waals surface area contributed by atoms with Crippen LogP contribution < -0.4 is 14.8 Å². The van der Waals surface area contributed by atoms with Crippen LogP contribution in [0, 0.1) is 11.7 Å². The first kappa shape index (κ1) is 13.1. The first-order chi connectivity index (χ1) is 8.76. The van der Waals surface area contributed by atoms with Gasteiger partial charge in [-0.2, -0.15) is 4.39 Å². The van der Waals surface area contributed by atoms with E-state index in [4.69, 9.17) is 9.47 Å². The molecule has 4 heteroatoms. The van der Waals surface area contributed by atoms with Crippen molar-refractivity contribution in [2.24, 2.45) is 5.92 Å². The Morgan fingerprint density at radius 3 is 2.56 bits per heavy atom. The molecule has 2 rings (SSSR count). The van der Waals surface area contributed by atoms with E-state index in [1.807, 2.05) is 6.07 Å². The van der Waals surface area contributed by atoms with E-state index < -0.39 is 5.82 Å². The molecule has 18 heavy (non-hydrogen) atoms. The Morgan fingerprint density at radius 2 is 1.94 bits per heavy atom. The van der Waals surface area contributed by atoms with Gasteiger partial charge in [0.2, 0.25) is 5.82 Å². The lowest BCUT2D eigenvalue weighted by Gasteiger charge is -2.23. The molecule has 0 atom stereocenters. The molecule has 100 valence electrons. The van der Waals surface area contributed by atoms with E-state index in [1.165, 1.54) is 14.2 Å². The zero-order valence-electron chi connectivity index (χ0n) is 11.0. The molecule has 0 amide bonds. The SMILES string of the molecule is COc1ccc(CC2CCNCC2)c(OC)c1F. The molecule has 1 aromatic carbocycles. The van der Waals surface area contributed by atoms with Gasteiger partial charge in [0.15, 0.2) is 11.5 Å². The van der Waals surface area contributed by atoms with Crippen molar-refractivity contribution < 1.29 is 13.9 Å². The number of nitrogens with one attached hydrogen (secondary N) is 1. The monoisotopic (exact) mass is 253 g/mol. The maximum atomic E-state index is 14.0. The van der Waals surface area contributed by atoms with Crippen LogP contribution in [0.5, 0.6) is 11.5 Å². The van der Waals surface area contributed by atoms with E-state index in [9.17, 15) is 4.39 Å². The Kier molecular flexibility index (Phi) is 4.42. The Labute approximate surface area is 107 Å². The van der Waals surface area contributed by atoms with Crippen LogP contribution in [0.3, 0.4) is 0 Å². The Hall–Kier alpha value is -1.29. The maximum absolute atomic E-state index is 14.0. The van der Waals surface area contributed by atoms with Crippen LogP contribution in [0.25, 0.3) is 0 Å². The van der Waals surface area contributed by atoms with Crippen molar-refractivity contribution in [3.63, 3.8) is 0 Å². The average molecular weight is 253 g/mol. The van der Waals surface area contributed by atoms with Gasteiger partial charge in [0.1, 0.15) is 0 Å². The zero-order chi connectivity index (χ0) is 13.0. The number of halogens is 1. The van der Waals surface area contributed by atoms with Gasteiger partial charge in [-0.1, -0.05) is 6.07 Å². The van der Waals surface area contributed by atoms with Gasteiger partial charge in [-0.3, -0.25) is 0 Å². The minimum Gasteiger partial charge on any atom is -0.494 e. The molecule has 1 aliphatic heterocycles. The lowest BCUT2D eigenvalue weighted by Crippen LogP contribution is -2.28. The highest BCUT2D eigenvalue weighted by atomic mass is 19.1. The fourth-order valence-corrected chi connectivity index (χ4v) is 2.51. The van der Waals surface area contributed by atoms with Crippen molar-refractivity contribution in [2.75, 3.05) is 27.3 Å². The van der Waals surface area contributed by atoms with Crippen molar-refractivity contribution in [2.45, 2.75) is 19.3 Å². The molecule has 3 nitrogen and oxygen atoms in total. The van der Waals surface area contributed by atoms with Gasteiger partial charge in [-0.05, 0) is 49.9 Å². The largest absolute Gasteiger partial charge is 0.494 e. The number of benzene rings is 1. The topological polar surface area (TPSA) is 30.5 Å². The molecule has 0 unspecified atom stereocenters. The fraction of sp³-hybridized carbons (Fsp3) is 0.571. The second-order valence-electron chi connectivity index (χ2n) is 4.67. The highest BCUT2D eigenvalue weighted by Gasteiger charge is 2.19. The molecule has 0 spiro atoms. The van der Waals surface area contributed by atoms with Crippen molar-refractivity contribution >= 4 is 0 Å². The first-order valence-electron chi connectivity index (χ1n) is 6.36. The summed E-state index contributed by atoms with van der Waals surface area (Å²) in [5.41, 5.74) is 0.933. The summed E-state index contributed by atoms with van der Waals surface area (Å²) in [5, 5.41) is 3.33. The van der Waals surface area contributed by atoms with Crippen molar-refractivity contribution in [1.82, 2.24) is 5.32 Å². The second-order valence-corrected chi connectivity index (χ2v) is 4.67. The number of ether oxygens (including phenoxy) is 2. The Balaban J connectivity index is 2.18. The van der Waals surface area contributed by atoms with Crippen LogP contribution >= 0.6 is 0 Å². The van der Waals surface area contributed by atoms with E-state index in [1.54, 1.807) is 6.07 Å². The lowest BCUT2D eigenvalue weighted by atomic mass is 9.90. The minimum absolute atomic E-state index is 0.237. The van der Waals surface area contributed by atoms with Crippen molar-refractivity contribution in [1.29, 1.82) is 0 Å². The molecular formula is C14H20FNO2. The van der Waals surface area contributed by atoms with E-state index in [0.29, 0.717) is 11.7 Å². The highest BCUT2D eigenvalue weighted by molar-refractivity contribution is 5.43. The summed E-state index contributed by atoms with van der Waals surface area (Å²) in [6.07, 6.45) is 3.14. The van der Waals surface area contributed by atoms with E-state index in [2.05, 4.69) is 5.32 Å². The van der Waals surface area contributed by atoms with Gasteiger partial charge in [-0.25, -0.2) is 0 Å². The molecular weight excluding hydrogens is 233 g/mol. The van der Waals surface area contributed by atoms with Gasteiger partial charge >= 0.3 is 0 Å². The average Bonchev–Trinajstić information content (AvgIpc) is 2.40. The highest BCUT2D eigenvalue weighted by Crippen LogP contribution is 2.32. The molecule has 1 heterocycles. The Bertz CT molecular complexity index is 403. The molecule has 0 bridgehead atoms. The standard InChI is InChI=1S/C14H20FNO2/c1-17-12-4-3-11(14(18-2)13(12)15)9-10-5-7-16-8-6-10/h3-4,10,16H,5-9H2,1-2H3. The third-order valence-electron chi connectivity index (χ3n) is 3.53. The molecule has 1 aliphatic rings. The summed E-state index contributed by atoms with van der Waals surface area (Å²) in [4.78, 5) is 0. The van der Waals surface area contributed by atoms with Crippen LogP contribution in [-0.4, -0.2) is 27.3 Å². The van der Waals surface area contributed by atoms with Gasteiger partial charge in [-0.15, -0.1) is 0 Å². The summed E-state index contributed by atoms with van der Waals surface area (Å²) in [5.74, 6) is 0.771. The van der Waals surface area contributed by atoms with Crippen molar-refractivity contribution in [3.05, 3.63) is 23.5 Å². The Morgan fingerprint density at radius 1 is 1.22 bits per heavy atom. The van der Waals surface area contributed by atoms with Gasteiger partial charge in [0, 0.05) is 0 Å². The van der Waals surface area contributed by atoms with Crippen LogP contribution in [0.2, 0.25) is 0 Å². The lowest BCUT2D eigenvalue weighted by molar-refractivity contribution is 0.336. The third-order valence-corrected chi connectivity index (χ3v) is 3.53. The quantitative estimate of drug-likeness (QED) is 0.893. The summed E-state index contributed by atoms with van der Waals surface area (Å²) < 4.78 is 24.2. The molecule has 1 fully saturated rings. The van der Waals surface area contributed by atoms with Gasteiger partial charge in [0.05, 0.1) is 14.2 Å². The first-order valence-corrected chi connectivity index (χ1v) is 6.36. The normalized spacial score (nSPS) is 16.6. The van der Waals surface area contributed by atoms with Crippen LogP contribution in [0.4, 0.5) is 4.39 Å². The predicted molar refractivity (Wildman–Crippen MR) is 68.8 cm³/mol. The predicted octanol–water partition coefficient (Wildman–Crippen LogP) is 2.39. The minimum atomic E-state index is -0.397. The van der Waals surface area contributed by atoms with E-state index >= 15 is 0 Å². The molecule has 0 saturated carbocycles. The van der Waals surface area contributed by atoms with Crippen LogP contribution in [0.15, 0.2) is 12.1 Å². The zero-order valence-corrected chi connectivity index (χ0v) is 11.0. The number of piperidine rings is 1. The van der Waals surface area contributed by atoms with Gasteiger partial charge in [0.25, 0.3) is 0 Å². The number of rotatable bonds is 4. The van der Waals surface area contributed by atoms with Crippen molar-refractivity contribution in [3.8, 4) is 11.5 Å². The molecule has 1 N–H and O–H groups in total. The summed E-state index contributed by atoms with van der Waals surface area (Å²) in [6, 6.07) is 3.58. The van der Waals surface area contributed by atoms with Gasteiger partial charge < -0.3 is 14.8 Å². The number of hydrogen-bond donors (Lipinski definition) is 1. The fourth-order valence-electron chi connectivity index (χ4n) is 2.51. The third kappa shape index (κ3) is 2.75. The maximum Gasteiger partial charge on any atom is 0.207 e. The van der Waals surface area contributed by atoms with Crippen LogP contribution in [-0.2, 0) is 6.42 Å². The molecule has 0 aliphatic carbocycles. The molecule has 0 radical (unpaired) electrons. The molecule has 0 aromatic heterocycles. The molecule has 1 saturated heterocycles. The van der Waals surface area contributed by atoms with Crippen LogP contribution in [0.1, 0.15) is 18.4 Å². The second kappa shape index (κ2) is 6.05. The number of methoxy groups -OCH3 is 2. The summed E-state index contributed by atoms with van der Waals surface area (Å²) in [6.45, 7) is 2.09. The summed E-state index contributed by atoms with van der Waals surface area (Å²) >= 11 is 0.